The second-order valence-electron chi connectivity index (χ2n) is 6.08. The smallest absolute Gasteiger partial charge is 0.293 e. The van der Waals surface area contributed by atoms with E-state index in [1.807, 2.05) is 19.9 Å². The van der Waals surface area contributed by atoms with E-state index in [-0.39, 0.29) is 17.7 Å². The first kappa shape index (κ1) is 21.6. The van der Waals surface area contributed by atoms with Crippen LogP contribution in [0.15, 0.2) is 41.3 Å². The minimum Gasteiger partial charge on any atom is -0.494 e. The summed E-state index contributed by atoms with van der Waals surface area (Å²) in [6.45, 7) is 4.91. The molecule has 2 aromatic carbocycles. The first-order chi connectivity index (χ1) is 13.9. The molecule has 0 saturated carbocycles. The summed E-state index contributed by atoms with van der Waals surface area (Å²) in [4.78, 5) is 26.7. The van der Waals surface area contributed by atoms with E-state index in [4.69, 9.17) is 32.7 Å². The van der Waals surface area contributed by atoms with E-state index in [0.717, 1.165) is 17.3 Å². The van der Waals surface area contributed by atoms with Crippen molar-refractivity contribution in [3.05, 3.63) is 62.5 Å². The molecule has 1 aliphatic rings. The van der Waals surface area contributed by atoms with Crippen molar-refractivity contribution in [1.82, 2.24) is 4.90 Å². The van der Waals surface area contributed by atoms with Crippen LogP contribution in [-0.2, 0) is 11.3 Å². The quantitative estimate of drug-likeness (QED) is 0.481. The van der Waals surface area contributed by atoms with Gasteiger partial charge in [0, 0.05) is 11.6 Å². The van der Waals surface area contributed by atoms with Gasteiger partial charge in [0.05, 0.1) is 34.7 Å². The van der Waals surface area contributed by atoms with E-state index >= 15 is 0 Å². The Morgan fingerprint density at radius 1 is 1.00 bits per heavy atom. The average Bonchev–Trinajstić information content (AvgIpc) is 2.94. The molecule has 152 valence electrons. The molecule has 1 saturated heterocycles. The first-order valence-electron chi connectivity index (χ1n) is 9.01. The van der Waals surface area contributed by atoms with Gasteiger partial charge in [-0.25, -0.2) is 0 Å². The van der Waals surface area contributed by atoms with Crippen LogP contribution >= 0.6 is 35.0 Å². The van der Waals surface area contributed by atoms with Crippen molar-refractivity contribution in [2.24, 2.45) is 0 Å². The van der Waals surface area contributed by atoms with Gasteiger partial charge < -0.3 is 9.47 Å². The summed E-state index contributed by atoms with van der Waals surface area (Å²) in [7, 11) is 0. The van der Waals surface area contributed by atoms with Gasteiger partial charge in [-0.05, 0) is 61.5 Å². The Morgan fingerprint density at radius 3 is 2.45 bits per heavy atom. The zero-order chi connectivity index (χ0) is 21.0. The van der Waals surface area contributed by atoms with Crippen molar-refractivity contribution in [2.45, 2.75) is 20.4 Å². The molecule has 0 N–H and O–H groups in total. The molecule has 0 bridgehead atoms. The minimum absolute atomic E-state index is 0.125. The van der Waals surface area contributed by atoms with E-state index in [1.165, 1.54) is 4.90 Å². The molecule has 0 spiro atoms. The van der Waals surface area contributed by atoms with Crippen molar-refractivity contribution in [3.8, 4) is 11.5 Å². The molecule has 1 aliphatic heterocycles. The summed E-state index contributed by atoms with van der Waals surface area (Å²) in [5.41, 5.74) is 1.43. The monoisotopic (exact) mass is 451 g/mol. The number of halogens is 2. The number of hydrogen-bond acceptors (Lipinski definition) is 5. The van der Waals surface area contributed by atoms with Crippen LogP contribution in [0.4, 0.5) is 4.79 Å². The fourth-order valence-corrected chi connectivity index (χ4v) is 3.92. The van der Waals surface area contributed by atoms with Gasteiger partial charge in [-0.15, -0.1) is 0 Å². The highest BCUT2D eigenvalue weighted by Crippen LogP contribution is 2.36. The van der Waals surface area contributed by atoms with Gasteiger partial charge in [-0.3, -0.25) is 14.5 Å². The van der Waals surface area contributed by atoms with Crippen molar-refractivity contribution in [1.29, 1.82) is 0 Å². The number of carbonyl (C=O) groups excluding carboxylic acids is 2. The Kier molecular flexibility index (Phi) is 7.11. The molecule has 0 radical (unpaired) electrons. The molecule has 1 fully saturated rings. The highest BCUT2D eigenvalue weighted by atomic mass is 35.5. The molecule has 0 aromatic heterocycles. The molecule has 3 rings (SSSR count). The number of rotatable bonds is 7. The number of ether oxygens (including phenoxy) is 2. The Hall–Kier alpha value is -2.15. The van der Waals surface area contributed by atoms with Crippen LogP contribution in [0.5, 0.6) is 11.5 Å². The van der Waals surface area contributed by atoms with Crippen molar-refractivity contribution in [2.75, 3.05) is 13.2 Å². The van der Waals surface area contributed by atoms with E-state index in [1.54, 1.807) is 36.4 Å². The summed E-state index contributed by atoms with van der Waals surface area (Å²) in [5, 5.41) is 0.460. The first-order valence-corrected chi connectivity index (χ1v) is 10.6. The molecule has 0 unspecified atom stereocenters. The second-order valence-corrected chi connectivity index (χ2v) is 7.89. The van der Waals surface area contributed by atoms with Gasteiger partial charge >= 0.3 is 0 Å². The second kappa shape index (κ2) is 9.57. The molecular weight excluding hydrogens is 433 g/mol. The Balaban J connectivity index is 1.84. The average molecular weight is 452 g/mol. The van der Waals surface area contributed by atoms with E-state index in [2.05, 4.69) is 0 Å². The fourth-order valence-electron chi connectivity index (χ4n) is 2.77. The number of imide groups is 1. The molecule has 2 amide bonds. The van der Waals surface area contributed by atoms with Crippen LogP contribution in [0.1, 0.15) is 25.0 Å². The van der Waals surface area contributed by atoms with Gasteiger partial charge in [0.25, 0.3) is 11.1 Å². The lowest BCUT2D eigenvalue weighted by molar-refractivity contribution is -0.123. The highest BCUT2D eigenvalue weighted by molar-refractivity contribution is 8.18. The third-order valence-electron chi connectivity index (χ3n) is 4.08. The Bertz CT molecular complexity index is 977. The molecule has 8 heteroatoms. The van der Waals surface area contributed by atoms with Crippen molar-refractivity contribution < 1.29 is 19.1 Å². The maximum atomic E-state index is 12.8. The Morgan fingerprint density at radius 2 is 1.76 bits per heavy atom. The molecule has 1 heterocycles. The zero-order valence-corrected chi connectivity index (χ0v) is 18.2. The summed E-state index contributed by atoms with van der Waals surface area (Å²) >= 11 is 12.9. The lowest BCUT2D eigenvalue weighted by atomic mass is 10.1. The summed E-state index contributed by atoms with van der Waals surface area (Å²) in [5.74, 6) is 0.915. The van der Waals surface area contributed by atoms with Gasteiger partial charge in [-0.1, -0.05) is 29.3 Å². The number of hydrogen-bond donors (Lipinski definition) is 0. The summed E-state index contributed by atoms with van der Waals surface area (Å²) < 4.78 is 11.2. The summed E-state index contributed by atoms with van der Waals surface area (Å²) in [6, 6.07) is 10.4. The number of nitrogens with zero attached hydrogens (tertiary/aromatic N) is 1. The molecule has 2 aromatic rings. The van der Waals surface area contributed by atoms with Crippen LogP contribution in [0.3, 0.4) is 0 Å². The predicted octanol–water partition coefficient (Wildman–Crippen LogP) is 6.03. The summed E-state index contributed by atoms with van der Waals surface area (Å²) in [6.07, 6.45) is 1.67. The largest absolute Gasteiger partial charge is 0.494 e. The van der Waals surface area contributed by atoms with Crippen LogP contribution in [0.25, 0.3) is 6.08 Å². The van der Waals surface area contributed by atoms with Crippen molar-refractivity contribution in [3.63, 3.8) is 0 Å². The number of amides is 2. The lowest BCUT2D eigenvalue weighted by Gasteiger charge is -2.13. The van der Waals surface area contributed by atoms with Gasteiger partial charge in [0.1, 0.15) is 11.5 Å². The van der Waals surface area contributed by atoms with E-state index in [9.17, 15) is 9.59 Å². The SMILES string of the molecule is CCOc1ccc(/C=C2\SC(=O)N(Cc3ccc(Cl)c(Cl)c3)C2=O)c(OCC)c1. The Labute approximate surface area is 183 Å². The zero-order valence-electron chi connectivity index (χ0n) is 15.9. The normalized spacial score (nSPS) is 15.3. The molecular formula is C21H19Cl2NO4S. The van der Waals surface area contributed by atoms with E-state index in [0.29, 0.717) is 45.2 Å². The van der Waals surface area contributed by atoms with Crippen LogP contribution in [0, 0.1) is 0 Å². The molecule has 5 nitrogen and oxygen atoms in total. The number of thioether (sulfide) groups is 1. The van der Waals surface area contributed by atoms with Crippen LogP contribution in [0.2, 0.25) is 10.0 Å². The number of benzene rings is 2. The van der Waals surface area contributed by atoms with Crippen LogP contribution < -0.4 is 9.47 Å². The topological polar surface area (TPSA) is 55.8 Å². The van der Waals surface area contributed by atoms with Gasteiger partial charge in [0.15, 0.2) is 0 Å². The molecule has 0 aliphatic carbocycles. The molecule has 29 heavy (non-hydrogen) atoms. The fraction of sp³-hybridized carbons (Fsp3) is 0.238. The maximum absolute atomic E-state index is 12.8. The van der Waals surface area contributed by atoms with Gasteiger partial charge in [-0.2, -0.15) is 0 Å². The lowest BCUT2D eigenvalue weighted by Crippen LogP contribution is -2.27. The highest BCUT2D eigenvalue weighted by Gasteiger charge is 2.35. The third kappa shape index (κ3) is 5.07. The maximum Gasteiger partial charge on any atom is 0.293 e. The van der Waals surface area contributed by atoms with E-state index < -0.39 is 0 Å². The third-order valence-corrected chi connectivity index (χ3v) is 5.73. The minimum atomic E-state index is -0.359. The standard InChI is InChI=1S/C21H19Cl2NO4S/c1-3-27-15-7-6-14(18(11-15)28-4-2)10-19-20(25)24(21(26)29-19)12-13-5-8-16(22)17(23)9-13/h5-11H,3-4,12H2,1-2H3/b19-10-. The molecule has 0 atom stereocenters. The van der Waals surface area contributed by atoms with Crippen LogP contribution in [-0.4, -0.2) is 29.3 Å². The van der Waals surface area contributed by atoms with Gasteiger partial charge in [0.2, 0.25) is 0 Å². The van der Waals surface area contributed by atoms with Crippen molar-refractivity contribution >= 4 is 52.2 Å². The predicted molar refractivity (Wildman–Crippen MR) is 117 cm³/mol. The number of carbonyl (C=O) groups is 2.